The Balaban J connectivity index is 2.06. The second-order valence-electron chi connectivity index (χ2n) is 6.15. The quantitative estimate of drug-likeness (QED) is 0.869. The van der Waals surface area contributed by atoms with Crippen LogP contribution >= 0.6 is 0 Å². The summed E-state index contributed by atoms with van der Waals surface area (Å²) < 4.78 is 1.72. The summed E-state index contributed by atoms with van der Waals surface area (Å²) in [6.45, 7) is 7.87. The van der Waals surface area contributed by atoms with Gasteiger partial charge in [0.05, 0.1) is 0 Å². The lowest BCUT2D eigenvalue weighted by Gasteiger charge is -2.25. The minimum atomic E-state index is -0.223. The number of piperidine rings is 1. The summed E-state index contributed by atoms with van der Waals surface area (Å²) in [6.07, 6.45) is 7.09. The molecule has 0 aliphatic carbocycles. The van der Waals surface area contributed by atoms with E-state index in [4.69, 9.17) is 0 Å². The summed E-state index contributed by atoms with van der Waals surface area (Å²) >= 11 is 0. The Morgan fingerprint density at radius 3 is 2.89 bits per heavy atom. The van der Waals surface area contributed by atoms with Crippen molar-refractivity contribution >= 4 is 5.82 Å². The third-order valence-corrected chi connectivity index (χ3v) is 3.49. The Hall–Kier alpha value is -1.36. The first kappa shape index (κ1) is 14.1. The maximum atomic E-state index is 12.3. The molecule has 1 aliphatic heterocycles. The van der Waals surface area contributed by atoms with Crippen LogP contribution in [0.3, 0.4) is 0 Å². The number of hydrogen-bond acceptors (Lipinski definition) is 4. The molecular formula is C14H24N4O. The topological polar surface area (TPSA) is 59.0 Å². The van der Waals surface area contributed by atoms with Gasteiger partial charge in [-0.3, -0.25) is 4.79 Å². The first-order valence-electron chi connectivity index (χ1n) is 7.04. The fraction of sp³-hybridized carbons (Fsp3) is 0.714. The molecule has 0 bridgehead atoms. The van der Waals surface area contributed by atoms with Crippen LogP contribution in [0.2, 0.25) is 0 Å². The normalized spacial score (nSPS) is 20.3. The lowest BCUT2D eigenvalue weighted by Crippen LogP contribution is -2.41. The SMILES string of the molecule is CC(C)(C)n1ccnc(NCC2CCCCN2)c1=O. The highest BCUT2D eigenvalue weighted by Crippen LogP contribution is 2.11. The molecule has 106 valence electrons. The van der Waals surface area contributed by atoms with Crippen LogP contribution in [0.4, 0.5) is 5.82 Å². The molecule has 1 aromatic heterocycles. The van der Waals surface area contributed by atoms with Gasteiger partial charge in [0, 0.05) is 30.5 Å². The molecular weight excluding hydrogens is 240 g/mol. The largest absolute Gasteiger partial charge is 0.364 e. The van der Waals surface area contributed by atoms with Crippen LogP contribution in [0.15, 0.2) is 17.2 Å². The van der Waals surface area contributed by atoms with Gasteiger partial charge in [0.2, 0.25) is 0 Å². The summed E-state index contributed by atoms with van der Waals surface area (Å²) in [7, 11) is 0. The number of hydrogen-bond donors (Lipinski definition) is 2. The lowest BCUT2D eigenvalue weighted by atomic mass is 10.1. The highest BCUT2D eigenvalue weighted by Gasteiger charge is 2.17. The molecule has 2 heterocycles. The van der Waals surface area contributed by atoms with Crippen LogP contribution in [-0.4, -0.2) is 28.7 Å². The average Bonchev–Trinajstić information content (AvgIpc) is 2.37. The molecule has 1 atom stereocenters. The minimum absolute atomic E-state index is 0.0502. The van der Waals surface area contributed by atoms with Crippen LogP contribution in [-0.2, 0) is 5.54 Å². The maximum Gasteiger partial charge on any atom is 0.293 e. The molecule has 5 nitrogen and oxygen atoms in total. The Kier molecular flexibility index (Phi) is 4.24. The van der Waals surface area contributed by atoms with Crippen LogP contribution in [0.25, 0.3) is 0 Å². The van der Waals surface area contributed by atoms with Crippen molar-refractivity contribution in [1.82, 2.24) is 14.9 Å². The van der Waals surface area contributed by atoms with E-state index in [1.54, 1.807) is 17.0 Å². The monoisotopic (exact) mass is 264 g/mol. The second-order valence-corrected chi connectivity index (χ2v) is 6.15. The highest BCUT2D eigenvalue weighted by atomic mass is 16.1. The Bertz CT molecular complexity index is 469. The minimum Gasteiger partial charge on any atom is -0.364 e. The molecule has 1 aliphatic rings. The molecule has 1 saturated heterocycles. The standard InChI is InChI=1S/C14H24N4O/c1-14(2,3)18-9-8-16-12(13(18)19)17-10-11-6-4-5-7-15-11/h8-9,11,15H,4-7,10H2,1-3H3,(H,16,17). The van der Waals surface area contributed by atoms with E-state index >= 15 is 0 Å². The Labute approximate surface area is 114 Å². The van der Waals surface area contributed by atoms with Gasteiger partial charge in [0.1, 0.15) is 0 Å². The van der Waals surface area contributed by atoms with Gasteiger partial charge in [0.15, 0.2) is 5.82 Å². The van der Waals surface area contributed by atoms with Crippen LogP contribution in [0.5, 0.6) is 0 Å². The van der Waals surface area contributed by atoms with E-state index in [1.807, 2.05) is 20.8 Å². The fourth-order valence-corrected chi connectivity index (χ4v) is 2.38. The van der Waals surface area contributed by atoms with Crippen molar-refractivity contribution in [3.8, 4) is 0 Å². The predicted molar refractivity (Wildman–Crippen MR) is 77.6 cm³/mol. The number of nitrogens with zero attached hydrogens (tertiary/aromatic N) is 2. The molecule has 19 heavy (non-hydrogen) atoms. The van der Waals surface area contributed by atoms with E-state index in [1.165, 1.54) is 12.8 Å². The van der Waals surface area contributed by atoms with E-state index < -0.39 is 0 Å². The smallest absolute Gasteiger partial charge is 0.293 e. The number of aromatic nitrogens is 2. The van der Waals surface area contributed by atoms with Gasteiger partial charge in [-0.15, -0.1) is 0 Å². The van der Waals surface area contributed by atoms with E-state index in [2.05, 4.69) is 15.6 Å². The van der Waals surface area contributed by atoms with Gasteiger partial charge in [-0.1, -0.05) is 6.42 Å². The van der Waals surface area contributed by atoms with E-state index in [-0.39, 0.29) is 11.1 Å². The Morgan fingerprint density at radius 2 is 2.26 bits per heavy atom. The summed E-state index contributed by atoms with van der Waals surface area (Å²) in [5.74, 6) is 0.449. The van der Waals surface area contributed by atoms with E-state index in [0.29, 0.717) is 11.9 Å². The first-order valence-corrected chi connectivity index (χ1v) is 7.04. The molecule has 0 spiro atoms. The summed E-state index contributed by atoms with van der Waals surface area (Å²) in [5.41, 5.74) is -0.273. The van der Waals surface area contributed by atoms with Crippen molar-refractivity contribution < 1.29 is 0 Å². The molecule has 0 amide bonds. The number of anilines is 1. The summed E-state index contributed by atoms with van der Waals surface area (Å²) in [5, 5.41) is 6.64. The predicted octanol–water partition coefficient (Wildman–Crippen LogP) is 1.55. The second kappa shape index (κ2) is 5.74. The molecule has 0 saturated carbocycles. The maximum absolute atomic E-state index is 12.3. The zero-order valence-electron chi connectivity index (χ0n) is 12.1. The van der Waals surface area contributed by atoms with Crippen LogP contribution in [0.1, 0.15) is 40.0 Å². The van der Waals surface area contributed by atoms with Gasteiger partial charge in [0.25, 0.3) is 5.56 Å². The van der Waals surface area contributed by atoms with Gasteiger partial charge in [-0.2, -0.15) is 0 Å². The van der Waals surface area contributed by atoms with Gasteiger partial charge in [-0.05, 0) is 40.2 Å². The van der Waals surface area contributed by atoms with E-state index in [0.717, 1.165) is 19.5 Å². The fourth-order valence-electron chi connectivity index (χ4n) is 2.38. The van der Waals surface area contributed by atoms with E-state index in [9.17, 15) is 4.79 Å². The third-order valence-electron chi connectivity index (χ3n) is 3.49. The van der Waals surface area contributed by atoms with Crippen LogP contribution in [0, 0.1) is 0 Å². The third kappa shape index (κ3) is 3.56. The Morgan fingerprint density at radius 1 is 1.47 bits per heavy atom. The van der Waals surface area contributed by atoms with Crippen molar-refractivity contribution in [3.05, 3.63) is 22.7 Å². The van der Waals surface area contributed by atoms with Gasteiger partial charge >= 0.3 is 0 Å². The molecule has 1 fully saturated rings. The van der Waals surface area contributed by atoms with Crippen molar-refractivity contribution in [1.29, 1.82) is 0 Å². The molecule has 5 heteroatoms. The molecule has 1 unspecified atom stereocenters. The van der Waals surface area contributed by atoms with Gasteiger partial charge in [-0.25, -0.2) is 4.98 Å². The molecule has 0 aromatic carbocycles. The van der Waals surface area contributed by atoms with Crippen LogP contribution < -0.4 is 16.2 Å². The summed E-state index contributed by atoms with van der Waals surface area (Å²) in [4.78, 5) is 16.5. The van der Waals surface area contributed by atoms with Crippen molar-refractivity contribution in [2.45, 2.75) is 51.6 Å². The van der Waals surface area contributed by atoms with Crippen molar-refractivity contribution in [2.75, 3.05) is 18.4 Å². The summed E-state index contributed by atoms with van der Waals surface area (Å²) in [6, 6.07) is 0.443. The number of nitrogens with one attached hydrogen (secondary N) is 2. The number of rotatable bonds is 3. The zero-order valence-corrected chi connectivity index (χ0v) is 12.1. The average molecular weight is 264 g/mol. The molecule has 2 rings (SSSR count). The highest BCUT2D eigenvalue weighted by molar-refractivity contribution is 5.31. The molecule has 1 aromatic rings. The first-order chi connectivity index (χ1) is 8.98. The molecule has 0 radical (unpaired) electrons. The molecule has 2 N–H and O–H groups in total. The lowest BCUT2D eigenvalue weighted by molar-refractivity contribution is 0.382. The van der Waals surface area contributed by atoms with Crippen molar-refractivity contribution in [3.63, 3.8) is 0 Å². The van der Waals surface area contributed by atoms with Crippen molar-refractivity contribution in [2.24, 2.45) is 0 Å². The van der Waals surface area contributed by atoms with Gasteiger partial charge < -0.3 is 15.2 Å². The zero-order chi connectivity index (χ0) is 13.9.